The average Bonchev–Trinajstić information content (AvgIpc) is 2.96. The lowest BCUT2D eigenvalue weighted by atomic mass is 10.0. The summed E-state index contributed by atoms with van der Waals surface area (Å²) >= 11 is 6.17. The molecule has 5 heteroatoms. The van der Waals surface area contributed by atoms with Gasteiger partial charge in [-0.3, -0.25) is 4.98 Å². The maximum absolute atomic E-state index is 10.6. The zero-order valence-corrected chi connectivity index (χ0v) is 11.7. The predicted molar refractivity (Wildman–Crippen MR) is 78.7 cm³/mol. The van der Waals surface area contributed by atoms with Gasteiger partial charge in [0.2, 0.25) is 0 Å². The molecule has 0 spiro atoms. The van der Waals surface area contributed by atoms with Crippen LogP contribution in [0.25, 0.3) is 10.9 Å². The number of aliphatic hydroxyl groups excluding tert-OH is 1. The normalized spacial score (nSPS) is 12.8. The molecule has 3 rings (SSSR count). The summed E-state index contributed by atoms with van der Waals surface area (Å²) < 4.78 is 1.91. The van der Waals surface area contributed by atoms with E-state index in [1.807, 2.05) is 29.8 Å². The predicted octanol–water partition coefficient (Wildman–Crippen LogP) is 3.19. The molecular formula is C15H14ClN3O. The van der Waals surface area contributed by atoms with Gasteiger partial charge in [0.15, 0.2) is 0 Å². The molecule has 1 atom stereocenters. The van der Waals surface area contributed by atoms with Crippen molar-refractivity contribution in [3.63, 3.8) is 0 Å². The monoisotopic (exact) mass is 287 g/mol. The number of nitrogens with zero attached hydrogens (tertiary/aromatic N) is 3. The third-order valence-electron chi connectivity index (χ3n) is 3.38. The SMILES string of the molecule is CCn1ccnc1C(O)c1ccc(Cl)c2cccnc12. The number of benzene rings is 1. The Hall–Kier alpha value is -1.91. The maximum Gasteiger partial charge on any atom is 0.142 e. The minimum atomic E-state index is -0.820. The first-order valence-corrected chi connectivity index (χ1v) is 6.82. The number of aromatic nitrogens is 3. The first-order valence-electron chi connectivity index (χ1n) is 6.44. The van der Waals surface area contributed by atoms with Gasteiger partial charge in [0.05, 0.1) is 5.52 Å². The van der Waals surface area contributed by atoms with Gasteiger partial charge in [-0.15, -0.1) is 0 Å². The molecule has 0 saturated heterocycles. The molecule has 2 aromatic heterocycles. The van der Waals surface area contributed by atoms with Gasteiger partial charge in [0.25, 0.3) is 0 Å². The van der Waals surface area contributed by atoms with E-state index in [0.29, 0.717) is 21.9 Å². The molecule has 0 radical (unpaired) electrons. The fourth-order valence-corrected chi connectivity index (χ4v) is 2.57. The lowest BCUT2D eigenvalue weighted by Crippen LogP contribution is -2.09. The number of halogens is 1. The van der Waals surface area contributed by atoms with Crippen LogP contribution in [-0.2, 0) is 6.54 Å². The van der Waals surface area contributed by atoms with E-state index in [2.05, 4.69) is 9.97 Å². The minimum absolute atomic E-state index is 0.613. The second kappa shape index (κ2) is 5.23. The molecule has 4 nitrogen and oxygen atoms in total. The maximum atomic E-state index is 10.6. The fourth-order valence-electron chi connectivity index (χ4n) is 2.36. The van der Waals surface area contributed by atoms with Gasteiger partial charge < -0.3 is 9.67 Å². The van der Waals surface area contributed by atoms with Crippen LogP contribution in [0, 0.1) is 0 Å². The highest BCUT2D eigenvalue weighted by molar-refractivity contribution is 6.35. The van der Waals surface area contributed by atoms with Crippen LogP contribution in [0.1, 0.15) is 24.4 Å². The second-order valence-electron chi connectivity index (χ2n) is 4.51. The molecule has 0 bridgehead atoms. The summed E-state index contributed by atoms with van der Waals surface area (Å²) in [6, 6.07) is 7.31. The smallest absolute Gasteiger partial charge is 0.142 e. The molecule has 1 unspecified atom stereocenters. The molecule has 0 saturated carbocycles. The van der Waals surface area contributed by atoms with Gasteiger partial charge in [0, 0.05) is 41.1 Å². The third kappa shape index (κ3) is 2.07. The Labute approximate surface area is 121 Å². The summed E-state index contributed by atoms with van der Waals surface area (Å²) in [5.41, 5.74) is 1.42. The van der Waals surface area contributed by atoms with Gasteiger partial charge in [-0.2, -0.15) is 0 Å². The van der Waals surface area contributed by atoms with Gasteiger partial charge in [0.1, 0.15) is 11.9 Å². The van der Waals surface area contributed by atoms with Crippen LogP contribution in [0.2, 0.25) is 5.02 Å². The molecule has 0 aliphatic carbocycles. The van der Waals surface area contributed by atoms with Crippen molar-refractivity contribution < 1.29 is 5.11 Å². The van der Waals surface area contributed by atoms with E-state index < -0.39 is 6.10 Å². The third-order valence-corrected chi connectivity index (χ3v) is 3.70. The lowest BCUT2D eigenvalue weighted by Gasteiger charge is -2.14. The van der Waals surface area contributed by atoms with Crippen LogP contribution < -0.4 is 0 Å². The van der Waals surface area contributed by atoms with E-state index in [0.717, 1.165) is 11.9 Å². The first kappa shape index (κ1) is 13.1. The molecule has 1 N–H and O–H groups in total. The molecule has 102 valence electrons. The van der Waals surface area contributed by atoms with Crippen LogP contribution >= 0.6 is 11.6 Å². The molecule has 0 amide bonds. The number of aryl methyl sites for hydroxylation is 1. The summed E-state index contributed by atoms with van der Waals surface area (Å²) in [4.78, 5) is 8.59. The summed E-state index contributed by atoms with van der Waals surface area (Å²) in [5, 5.41) is 12.1. The van der Waals surface area contributed by atoms with Crippen LogP contribution in [0.15, 0.2) is 42.9 Å². The molecule has 1 aromatic carbocycles. The van der Waals surface area contributed by atoms with Gasteiger partial charge in [-0.1, -0.05) is 17.7 Å². The standard InChI is InChI=1S/C15H14ClN3O/c1-2-19-9-8-18-15(19)14(20)11-5-6-12(16)10-4-3-7-17-13(10)11/h3-9,14,20H,2H2,1H3. The van der Waals surface area contributed by atoms with Crippen LogP contribution in [0.5, 0.6) is 0 Å². The zero-order chi connectivity index (χ0) is 14.1. The number of aliphatic hydroxyl groups is 1. The summed E-state index contributed by atoms with van der Waals surface area (Å²) in [5.74, 6) is 0.613. The van der Waals surface area contributed by atoms with Crippen molar-refractivity contribution in [2.24, 2.45) is 0 Å². The Kier molecular flexibility index (Phi) is 3.42. The molecule has 20 heavy (non-hydrogen) atoms. The number of rotatable bonds is 3. The number of hydrogen-bond acceptors (Lipinski definition) is 3. The van der Waals surface area contributed by atoms with E-state index in [4.69, 9.17) is 11.6 Å². The molecule has 0 fully saturated rings. The average molecular weight is 288 g/mol. The summed E-state index contributed by atoms with van der Waals surface area (Å²) in [7, 11) is 0. The number of fused-ring (bicyclic) bond motifs is 1. The quantitative estimate of drug-likeness (QED) is 0.805. The lowest BCUT2D eigenvalue weighted by molar-refractivity contribution is 0.206. The van der Waals surface area contributed by atoms with Crippen molar-refractivity contribution in [2.45, 2.75) is 19.6 Å². The molecular weight excluding hydrogens is 274 g/mol. The van der Waals surface area contributed by atoms with Crippen molar-refractivity contribution >= 4 is 22.5 Å². The molecule has 2 heterocycles. The number of pyridine rings is 1. The van der Waals surface area contributed by atoms with Gasteiger partial charge >= 0.3 is 0 Å². The van der Waals surface area contributed by atoms with E-state index in [1.165, 1.54) is 0 Å². The first-order chi connectivity index (χ1) is 9.72. The van der Waals surface area contributed by atoms with E-state index in [-0.39, 0.29) is 0 Å². The van der Waals surface area contributed by atoms with Crippen molar-refractivity contribution in [3.05, 3.63) is 59.3 Å². The van der Waals surface area contributed by atoms with E-state index >= 15 is 0 Å². The highest BCUT2D eigenvalue weighted by Crippen LogP contribution is 2.30. The van der Waals surface area contributed by atoms with E-state index in [9.17, 15) is 5.11 Å². The summed E-state index contributed by atoms with van der Waals surface area (Å²) in [6.07, 6.45) is 4.42. The van der Waals surface area contributed by atoms with Gasteiger partial charge in [-0.05, 0) is 25.1 Å². The largest absolute Gasteiger partial charge is 0.380 e. The van der Waals surface area contributed by atoms with E-state index in [1.54, 1.807) is 24.5 Å². The minimum Gasteiger partial charge on any atom is -0.380 e. The van der Waals surface area contributed by atoms with Crippen molar-refractivity contribution in [3.8, 4) is 0 Å². The number of imidazole rings is 1. The summed E-state index contributed by atoms with van der Waals surface area (Å²) in [6.45, 7) is 2.77. The zero-order valence-electron chi connectivity index (χ0n) is 11.0. The fraction of sp³-hybridized carbons (Fsp3) is 0.200. The molecule has 0 aliphatic heterocycles. The van der Waals surface area contributed by atoms with Crippen LogP contribution in [0.3, 0.4) is 0 Å². The Morgan fingerprint density at radius 2 is 2.10 bits per heavy atom. The molecule has 3 aromatic rings. The van der Waals surface area contributed by atoms with Crippen molar-refractivity contribution in [1.29, 1.82) is 0 Å². The highest BCUT2D eigenvalue weighted by Gasteiger charge is 2.19. The van der Waals surface area contributed by atoms with Crippen molar-refractivity contribution in [2.75, 3.05) is 0 Å². The van der Waals surface area contributed by atoms with Crippen LogP contribution in [0.4, 0.5) is 0 Å². The Morgan fingerprint density at radius 3 is 2.90 bits per heavy atom. The topological polar surface area (TPSA) is 50.9 Å². The Morgan fingerprint density at radius 1 is 1.25 bits per heavy atom. The molecule has 0 aliphatic rings. The van der Waals surface area contributed by atoms with Gasteiger partial charge in [-0.25, -0.2) is 4.98 Å². The second-order valence-corrected chi connectivity index (χ2v) is 4.92. The van der Waals surface area contributed by atoms with Crippen molar-refractivity contribution in [1.82, 2.24) is 14.5 Å². The Bertz CT molecular complexity index is 754. The Balaban J connectivity index is 2.17. The van der Waals surface area contributed by atoms with Crippen LogP contribution in [-0.4, -0.2) is 19.6 Å². The number of hydrogen-bond donors (Lipinski definition) is 1. The highest BCUT2D eigenvalue weighted by atomic mass is 35.5.